The molecule has 12 heteroatoms. The van der Waals surface area contributed by atoms with Crippen LogP contribution in [-0.4, -0.2) is 25.3 Å². The maximum absolute atomic E-state index is 12.9. The van der Waals surface area contributed by atoms with Gasteiger partial charge in [0.25, 0.3) is 11.5 Å². The van der Waals surface area contributed by atoms with Crippen LogP contribution in [0.15, 0.2) is 4.79 Å². The van der Waals surface area contributed by atoms with Crippen molar-refractivity contribution in [2.24, 2.45) is 0 Å². The molecule has 3 aromatic heterocycles. The van der Waals surface area contributed by atoms with Gasteiger partial charge in [0.15, 0.2) is 5.69 Å². The Labute approximate surface area is 171 Å². The van der Waals surface area contributed by atoms with Gasteiger partial charge in [-0.3, -0.25) is 19.7 Å². The molecular weight excluding hydrogens is 431 g/mol. The summed E-state index contributed by atoms with van der Waals surface area (Å²) in [5, 5.41) is 3.33. The van der Waals surface area contributed by atoms with E-state index in [1.165, 1.54) is 18.3 Å². The lowest BCUT2D eigenvalue weighted by Crippen LogP contribution is -2.37. The molecule has 0 radical (unpaired) electrons. The maximum Gasteiger partial charge on any atom is 0.436 e. The second kappa shape index (κ2) is 6.84. The number of nitrogens with zero attached hydrogens (tertiary/aromatic N) is 4. The van der Waals surface area contributed by atoms with Crippen LogP contribution in [0, 0.1) is 13.8 Å². The molecule has 0 saturated carbocycles. The highest BCUT2D eigenvalue weighted by molar-refractivity contribution is 7.18. The van der Waals surface area contributed by atoms with E-state index >= 15 is 0 Å². The van der Waals surface area contributed by atoms with Crippen LogP contribution < -0.4 is 11.0 Å². The van der Waals surface area contributed by atoms with Crippen LogP contribution in [0.1, 0.15) is 34.1 Å². The van der Waals surface area contributed by atoms with Crippen molar-refractivity contribution < 1.29 is 18.0 Å². The van der Waals surface area contributed by atoms with Crippen LogP contribution in [0.3, 0.4) is 0 Å². The average Bonchev–Trinajstić information content (AvgIpc) is 3.27. The number of nitrogens with one attached hydrogen (secondary N) is 1. The first-order valence-electron chi connectivity index (χ1n) is 8.71. The molecule has 1 N–H and O–H groups in total. The lowest BCUT2D eigenvalue weighted by Gasteiger charge is -2.12. The molecule has 0 saturated heterocycles. The lowest BCUT2D eigenvalue weighted by molar-refractivity contribution is -0.141. The fourth-order valence-corrected chi connectivity index (χ4v) is 4.97. The van der Waals surface area contributed by atoms with Crippen LogP contribution >= 0.6 is 22.9 Å². The van der Waals surface area contributed by atoms with Crippen molar-refractivity contribution in [3.05, 3.63) is 43.0 Å². The van der Waals surface area contributed by atoms with Crippen LogP contribution in [-0.2, 0) is 30.4 Å². The zero-order valence-corrected chi connectivity index (χ0v) is 16.9. The van der Waals surface area contributed by atoms with Crippen molar-refractivity contribution in [2.75, 3.05) is 5.43 Å². The highest BCUT2D eigenvalue weighted by Gasteiger charge is 2.38. The molecule has 0 bridgehead atoms. The minimum absolute atomic E-state index is 0.00226. The second-order valence-corrected chi connectivity index (χ2v) is 8.24. The minimum atomic E-state index is -4.73. The number of hydrogen-bond acceptors (Lipinski definition) is 5. The summed E-state index contributed by atoms with van der Waals surface area (Å²) in [7, 11) is 0. The van der Waals surface area contributed by atoms with Gasteiger partial charge >= 0.3 is 6.18 Å². The van der Waals surface area contributed by atoms with Crippen molar-refractivity contribution >= 4 is 39.1 Å². The molecule has 0 fully saturated rings. The van der Waals surface area contributed by atoms with Crippen LogP contribution in [0.2, 0.25) is 5.02 Å². The number of rotatable bonds is 3. The van der Waals surface area contributed by atoms with Crippen LogP contribution in [0.5, 0.6) is 0 Å². The van der Waals surface area contributed by atoms with Crippen molar-refractivity contribution in [1.29, 1.82) is 0 Å². The first-order valence-corrected chi connectivity index (χ1v) is 9.91. The van der Waals surface area contributed by atoms with Gasteiger partial charge in [0, 0.05) is 4.88 Å². The summed E-state index contributed by atoms with van der Waals surface area (Å²) in [6.45, 7) is 2.37. The van der Waals surface area contributed by atoms with E-state index in [1.807, 2.05) is 0 Å². The summed E-state index contributed by atoms with van der Waals surface area (Å²) in [4.78, 5) is 31.5. The molecule has 0 unspecified atom stereocenters. The first kappa shape index (κ1) is 19.9. The third-order valence-corrected chi connectivity index (χ3v) is 6.48. The Morgan fingerprint density at radius 3 is 2.69 bits per heavy atom. The molecule has 0 aromatic carbocycles. The number of halogens is 4. The normalized spacial score (nSPS) is 13.9. The number of alkyl halides is 3. The number of aryl methyl sites for hydroxylation is 3. The van der Waals surface area contributed by atoms with Gasteiger partial charge in [0.1, 0.15) is 17.2 Å². The molecule has 29 heavy (non-hydrogen) atoms. The fourth-order valence-electron chi connectivity index (χ4n) is 3.43. The molecule has 4 rings (SSSR count). The van der Waals surface area contributed by atoms with Gasteiger partial charge in [0.2, 0.25) is 0 Å². The number of thiophene rings is 1. The molecule has 7 nitrogen and oxygen atoms in total. The zero-order chi connectivity index (χ0) is 21.1. The van der Waals surface area contributed by atoms with E-state index < -0.39 is 34.9 Å². The Balaban J connectivity index is 1.64. The fraction of sp³-hybridized carbons (Fsp3) is 0.412. The largest absolute Gasteiger partial charge is 0.436 e. The van der Waals surface area contributed by atoms with Crippen LogP contribution in [0.4, 0.5) is 13.2 Å². The molecule has 3 heterocycles. The van der Waals surface area contributed by atoms with Crippen LogP contribution in [0.25, 0.3) is 10.2 Å². The Kier molecular flexibility index (Phi) is 4.69. The summed E-state index contributed by atoms with van der Waals surface area (Å²) < 4.78 is 40.7. The molecular formula is C17H15ClF3N5O2S. The van der Waals surface area contributed by atoms with E-state index in [0.717, 1.165) is 39.1 Å². The maximum atomic E-state index is 12.9. The Bertz CT molecular complexity index is 1210. The molecule has 154 valence electrons. The predicted octanol–water partition coefficient (Wildman–Crippen LogP) is 3.20. The standard InChI is InChI=1S/C17H15ClF3N5O2S/c1-7-13(18)14(17(19,20)21)24-25(7)6-11(27)23-26-8(2)22-15-12(16(26)28)9-4-3-5-10(9)29-15/h3-6H2,1-2H3,(H,23,27). The molecule has 0 aliphatic heterocycles. The quantitative estimate of drug-likeness (QED) is 0.671. The van der Waals surface area contributed by atoms with E-state index in [0.29, 0.717) is 10.2 Å². The number of carbonyl (C=O) groups is 1. The van der Waals surface area contributed by atoms with E-state index in [-0.39, 0.29) is 11.5 Å². The van der Waals surface area contributed by atoms with E-state index in [9.17, 15) is 22.8 Å². The third kappa shape index (κ3) is 3.31. The van der Waals surface area contributed by atoms with Crippen molar-refractivity contribution in [1.82, 2.24) is 19.4 Å². The number of fused-ring (bicyclic) bond motifs is 3. The zero-order valence-electron chi connectivity index (χ0n) is 15.4. The number of amides is 1. The Morgan fingerprint density at radius 1 is 1.31 bits per heavy atom. The smallest absolute Gasteiger partial charge is 0.271 e. The molecule has 1 amide bonds. The van der Waals surface area contributed by atoms with Crippen molar-refractivity contribution in [2.45, 2.75) is 45.8 Å². The van der Waals surface area contributed by atoms with Gasteiger partial charge in [-0.1, -0.05) is 11.6 Å². The molecule has 0 spiro atoms. The summed E-state index contributed by atoms with van der Waals surface area (Å²) in [5.74, 6) is -0.443. The van der Waals surface area contributed by atoms with Gasteiger partial charge in [-0.15, -0.1) is 11.3 Å². The Hall–Kier alpha value is -2.40. The second-order valence-electron chi connectivity index (χ2n) is 6.78. The van der Waals surface area contributed by atoms with Gasteiger partial charge in [-0.05, 0) is 38.7 Å². The monoisotopic (exact) mass is 445 g/mol. The van der Waals surface area contributed by atoms with E-state index in [2.05, 4.69) is 15.5 Å². The SMILES string of the molecule is Cc1c(Cl)c(C(F)(F)F)nn1CC(=O)Nn1c(C)nc2sc3c(c2c1=O)CCC3. The number of carbonyl (C=O) groups excluding carboxylic acids is 1. The first-order chi connectivity index (χ1) is 13.6. The van der Waals surface area contributed by atoms with Crippen molar-refractivity contribution in [3.8, 4) is 0 Å². The third-order valence-electron chi connectivity index (χ3n) is 4.84. The molecule has 3 aromatic rings. The van der Waals surface area contributed by atoms with Gasteiger partial charge in [-0.25, -0.2) is 9.66 Å². The number of hydrogen-bond donors (Lipinski definition) is 1. The summed E-state index contributed by atoms with van der Waals surface area (Å²) >= 11 is 7.18. The number of aromatic nitrogens is 4. The summed E-state index contributed by atoms with van der Waals surface area (Å²) in [5.41, 5.74) is 1.74. The van der Waals surface area contributed by atoms with Gasteiger partial charge < -0.3 is 0 Å². The highest BCUT2D eigenvalue weighted by Crippen LogP contribution is 2.36. The summed E-state index contributed by atoms with van der Waals surface area (Å²) in [6, 6.07) is 0. The average molecular weight is 446 g/mol. The lowest BCUT2D eigenvalue weighted by atomic mass is 10.2. The summed E-state index contributed by atoms with van der Waals surface area (Å²) in [6.07, 6.45) is -2.07. The molecule has 0 atom stereocenters. The molecule has 1 aliphatic carbocycles. The Morgan fingerprint density at radius 2 is 2.03 bits per heavy atom. The van der Waals surface area contributed by atoms with Gasteiger partial charge in [0.05, 0.1) is 16.1 Å². The molecule has 1 aliphatic rings. The highest BCUT2D eigenvalue weighted by atomic mass is 35.5. The minimum Gasteiger partial charge on any atom is -0.271 e. The van der Waals surface area contributed by atoms with E-state index in [4.69, 9.17) is 11.6 Å². The topological polar surface area (TPSA) is 81.8 Å². The predicted molar refractivity (Wildman–Crippen MR) is 102 cm³/mol. The van der Waals surface area contributed by atoms with Gasteiger partial charge in [-0.2, -0.15) is 18.3 Å². The van der Waals surface area contributed by atoms with E-state index in [1.54, 1.807) is 6.92 Å². The van der Waals surface area contributed by atoms with Crippen molar-refractivity contribution in [3.63, 3.8) is 0 Å².